The highest BCUT2D eigenvalue weighted by Gasteiger charge is 2.48. The highest BCUT2D eigenvalue weighted by Crippen LogP contribution is 2.57. The van der Waals surface area contributed by atoms with E-state index in [2.05, 4.69) is 23.4 Å². The molecule has 19 heavy (non-hydrogen) atoms. The van der Waals surface area contributed by atoms with Crippen LogP contribution in [-0.2, 0) is 0 Å². The van der Waals surface area contributed by atoms with Crippen molar-refractivity contribution in [2.75, 3.05) is 0 Å². The number of nitrogens with zero attached hydrogens (tertiary/aromatic N) is 2. The van der Waals surface area contributed by atoms with Crippen LogP contribution in [0, 0.1) is 11.2 Å². The summed E-state index contributed by atoms with van der Waals surface area (Å²) in [7, 11) is 0. The molecule has 0 radical (unpaired) electrons. The molecule has 0 saturated heterocycles. The Morgan fingerprint density at radius 3 is 2.63 bits per heavy atom. The van der Waals surface area contributed by atoms with E-state index in [0.29, 0.717) is 11.6 Å². The van der Waals surface area contributed by atoms with Crippen LogP contribution in [0.2, 0.25) is 5.02 Å². The van der Waals surface area contributed by atoms with E-state index < -0.39 is 5.82 Å². The normalized spacial score (nSPS) is 22.7. The largest absolute Gasteiger partial charge is 0.323 e. The molecule has 1 aliphatic rings. The fourth-order valence-electron chi connectivity index (χ4n) is 2.60. The summed E-state index contributed by atoms with van der Waals surface area (Å²) in [5, 5.41) is -0.0912. The van der Waals surface area contributed by atoms with Gasteiger partial charge in [0.2, 0.25) is 0 Å². The van der Waals surface area contributed by atoms with Crippen LogP contribution in [0.1, 0.15) is 44.4 Å². The first-order chi connectivity index (χ1) is 8.81. The first-order valence-corrected chi connectivity index (χ1v) is 7.13. The average molecular weight is 301 g/mol. The zero-order valence-corrected chi connectivity index (χ0v) is 12.6. The Labute approximate surface area is 121 Å². The molecule has 3 rings (SSSR count). The van der Waals surface area contributed by atoms with Gasteiger partial charge in [-0.15, -0.1) is 11.6 Å². The predicted octanol–water partition coefficient (Wildman–Crippen LogP) is 5.10. The molecule has 0 aliphatic heterocycles. The van der Waals surface area contributed by atoms with Crippen LogP contribution in [0.15, 0.2) is 12.1 Å². The average Bonchev–Trinajstić information content (AvgIpc) is 2.77. The molecule has 2 unspecified atom stereocenters. The van der Waals surface area contributed by atoms with E-state index in [-0.39, 0.29) is 15.8 Å². The highest BCUT2D eigenvalue weighted by atomic mass is 35.5. The van der Waals surface area contributed by atoms with Crippen molar-refractivity contribution in [2.24, 2.45) is 5.41 Å². The van der Waals surface area contributed by atoms with Gasteiger partial charge in [-0.2, -0.15) is 0 Å². The lowest BCUT2D eigenvalue weighted by Crippen LogP contribution is -2.06. The second-order valence-electron chi connectivity index (χ2n) is 5.92. The summed E-state index contributed by atoms with van der Waals surface area (Å²) in [4.78, 5) is 4.47. The number of imidazole rings is 1. The Bertz CT molecular complexity index is 661. The summed E-state index contributed by atoms with van der Waals surface area (Å²) in [6.45, 7) is 6.29. The minimum Gasteiger partial charge on any atom is -0.323 e. The van der Waals surface area contributed by atoms with Gasteiger partial charge in [0.15, 0.2) is 0 Å². The molecule has 0 N–H and O–H groups in total. The van der Waals surface area contributed by atoms with Crippen molar-refractivity contribution in [3.05, 3.63) is 28.8 Å². The number of alkyl halides is 1. The van der Waals surface area contributed by atoms with E-state index in [9.17, 15) is 4.39 Å². The molecule has 0 amide bonds. The lowest BCUT2D eigenvalue weighted by molar-refractivity contribution is 0.535. The summed E-state index contributed by atoms with van der Waals surface area (Å²) in [6, 6.07) is 3.39. The third kappa shape index (κ3) is 2.03. The summed E-state index contributed by atoms with van der Waals surface area (Å²) in [5.74, 6) is 0.344. The first kappa shape index (κ1) is 13.2. The SMILES string of the molecule is CC(Cl)c1nc2cc(F)c(Cl)cc2n1C1CC1(C)C. The third-order valence-electron chi connectivity index (χ3n) is 3.89. The fraction of sp³-hybridized carbons (Fsp3) is 0.500. The summed E-state index contributed by atoms with van der Waals surface area (Å²) in [5.41, 5.74) is 1.71. The summed E-state index contributed by atoms with van der Waals surface area (Å²) >= 11 is 12.1. The maximum atomic E-state index is 13.5. The van der Waals surface area contributed by atoms with Crippen LogP contribution < -0.4 is 0 Å². The number of benzene rings is 1. The van der Waals surface area contributed by atoms with Crippen molar-refractivity contribution in [3.8, 4) is 0 Å². The number of halogens is 3. The van der Waals surface area contributed by atoms with E-state index in [0.717, 1.165) is 17.8 Å². The molecule has 102 valence electrons. The number of hydrogen-bond donors (Lipinski definition) is 0. The lowest BCUT2D eigenvalue weighted by Gasteiger charge is -2.12. The van der Waals surface area contributed by atoms with Gasteiger partial charge in [-0.1, -0.05) is 25.4 Å². The van der Waals surface area contributed by atoms with Crippen LogP contribution in [-0.4, -0.2) is 9.55 Å². The van der Waals surface area contributed by atoms with Gasteiger partial charge in [0.25, 0.3) is 0 Å². The second-order valence-corrected chi connectivity index (χ2v) is 6.98. The molecule has 0 spiro atoms. The monoisotopic (exact) mass is 300 g/mol. The zero-order valence-electron chi connectivity index (χ0n) is 11.0. The van der Waals surface area contributed by atoms with Gasteiger partial charge in [-0.3, -0.25) is 0 Å². The van der Waals surface area contributed by atoms with Crippen molar-refractivity contribution in [1.82, 2.24) is 9.55 Å². The molecule has 1 saturated carbocycles. The van der Waals surface area contributed by atoms with Gasteiger partial charge in [0.1, 0.15) is 11.6 Å². The minimum atomic E-state index is -0.442. The van der Waals surface area contributed by atoms with E-state index in [1.54, 1.807) is 6.07 Å². The number of fused-ring (bicyclic) bond motifs is 1. The van der Waals surface area contributed by atoms with Gasteiger partial charge >= 0.3 is 0 Å². The molecule has 1 aliphatic carbocycles. The standard InChI is InChI=1S/C14H15Cl2FN2/c1-7(15)13-18-10-5-9(17)8(16)4-11(10)19(13)12-6-14(12,2)3/h4-5,7,12H,6H2,1-3H3. The van der Waals surface area contributed by atoms with Crippen molar-refractivity contribution >= 4 is 34.2 Å². The molecular weight excluding hydrogens is 286 g/mol. The number of aromatic nitrogens is 2. The summed E-state index contributed by atoms with van der Waals surface area (Å²) < 4.78 is 15.7. The first-order valence-electron chi connectivity index (χ1n) is 6.32. The smallest absolute Gasteiger partial charge is 0.144 e. The van der Waals surface area contributed by atoms with Gasteiger partial charge < -0.3 is 4.57 Å². The third-order valence-corrected chi connectivity index (χ3v) is 4.37. The zero-order chi connectivity index (χ0) is 13.9. The topological polar surface area (TPSA) is 17.8 Å². The Kier molecular flexibility index (Phi) is 2.84. The van der Waals surface area contributed by atoms with Crippen LogP contribution in [0.25, 0.3) is 11.0 Å². The second kappa shape index (κ2) is 4.10. The molecule has 2 atom stereocenters. The van der Waals surface area contributed by atoms with Crippen molar-refractivity contribution < 1.29 is 4.39 Å². The molecule has 1 aromatic heterocycles. The van der Waals surface area contributed by atoms with E-state index in [1.165, 1.54) is 6.07 Å². The Morgan fingerprint density at radius 2 is 2.11 bits per heavy atom. The van der Waals surface area contributed by atoms with Gasteiger partial charge in [-0.25, -0.2) is 9.37 Å². The van der Waals surface area contributed by atoms with Gasteiger partial charge in [-0.05, 0) is 24.8 Å². The molecule has 1 aromatic carbocycles. The molecule has 2 aromatic rings. The van der Waals surface area contributed by atoms with Crippen LogP contribution in [0.3, 0.4) is 0 Å². The molecule has 0 bridgehead atoms. The summed E-state index contributed by atoms with van der Waals surface area (Å²) in [6.07, 6.45) is 1.07. The Morgan fingerprint density at radius 1 is 1.47 bits per heavy atom. The fourth-order valence-corrected chi connectivity index (χ4v) is 2.91. The maximum Gasteiger partial charge on any atom is 0.144 e. The molecule has 1 fully saturated rings. The molecule has 2 nitrogen and oxygen atoms in total. The highest BCUT2D eigenvalue weighted by molar-refractivity contribution is 6.31. The molecular formula is C14H15Cl2FN2. The lowest BCUT2D eigenvalue weighted by atomic mass is 10.2. The van der Waals surface area contributed by atoms with E-state index >= 15 is 0 Å². The van der Waals surface area contributed by atoms with Crippen molar-refractivity contribution in [1.29, 1.82) is 0 Å². The maximum absolute atomic E-state index is 13.5. The Balaban J connectivity index is 2.27. The number of rotatable bonds is 2. The van der Waals surface area contributed by atoms with Crippen LogP contribution in [0.5, 0.6) is 0 Å². The van der Waals surface area contributed by atoms with Gasteiger partial charge in [0.05, 0.1) is 21.4 Å². The molecule has 5 heteroatoms. The van der Waals surface area contributed by atoms with Crippen molar-refractivity contribution in [3.63, 3.8) is 0 Å². The predicted molar refractivity (Wildman–Crippen MR) is 76.4 cm³/mol. The Hall–Kier alpha value is -0.800. The van der Waals surface area contributed by atoms with E-state index in [1.807, 2.05) is 6.92 Å². The van der Waals surface area contributed by atoms with Crippen LogP contribution in [0.4, 0.5) is 4.39 Å². The van der Waals surface area contributed by atoms with Gasteiger partial charge in [0, 0.05) is 12.1 Å². The molecule has 1 heterocycles. The minimum absolute atomic E-state index is 0.126. The number of hydrogen-bond acceptors (Lipinski definition) is 1. The van der Waals surface area contributed by atoms with E-state index in [4.69, 9.17) is 23.2 Å². The van der Waals surface area contributed by atoms with Crippen LogP contribution >= 0.6 is 23.2 Å². The quantitative estimate of drug-likeness (QED) is 0.706. The van der Waals surface area contributed by atoms with Crippen molar-refractivity contribution in [2.45, 2.75) is 38.6 Å².